The van der Waals surface area contributed by atoms with Crippen LogP contribution in [0, 0.1) is 6.92 Å². The molecule has 2 atom stereocenters. The van der Waals surface area contributed by atoms with E-state index in [0.29, 0.717) is 5.02 Å². The van der Waals surface area contributed by atoms with Gasteiger partial charge in [-0.25, -0.2) is 0 Å². The quantitative estimate of drug-likeness (QED) is 0.926. The van der Waals surface area contributed by atoms with Gasteiger partial charge in [-0.2, -0.15) is 5.10 Å². The van der Waals surface area contributed by atoms with E-state index in [1.54, 1.807) is 4.68 Å². The number of aromatic nitrogens is 2. The Hall–Kier alpha value is -2.11. The van der Waals surface area contributed by atoms with Crippen molar-refractivity contribution < 1.29 is 5.11 Å². The van der Waals surface area contributed by atoms with E-state index in [9.17, 15) is 5.11 Å². The van der Waals surface area contributed by atoms with Gasteiger partial charge in [-0.1, -0.05) is 23.7 Å². The van der Waals surface area contributed by atoms with Crippen LogP contribution in [0.15, 0.2) is 41.5 Å². The van der Waals surface area contributed by atoms with Gasteiger partial charge >= 0.3 is 0 Å². The summed E-state index contributed by atoms with van der Waals surface area (Å²) < 4.78 is 1.79. The van der Waals surface area contributed by atoms with Crippen molar-refractivity contribution in [2.45, 2.75) is 26.1 Å². The zero-order valence-corrected chi connectivity index (χ0v) is 14.8. The molecule has 1 unspecified atom stereocenters. The van der Waals surface area contributed by atoms with Crippen LogP contribution in [0.1, 0.15) is 29.9 Å². The third kappa shape index (κ3) is 3.09. The first kappa shape index (κ1) is 16.7. The number of allylic oxidation sites excluding steroid dienone is 1. The minimum absolute atomic E-state index is 0.0380. The molecule has 1 N–H and O–H groups in total. The molecule has 0 saturated carbocycles. The van der Waals surface area contributed by atoms with Crippen molar-refractivity contribution in [1.82, 2.24) is 14.7 Å². The van der Waals surface area contributed by atoms with Crippen LogP contribution in [-0.4, -0.2) is 38.7 Å². The van der Waals surface area contributed by atoms with Gasteiger partial charge in [0.2, 0.25) is 0 Å². The van der Waals surface area contributed by atoms with Crippen LogP contribution in [-0.2, 0) is 7.05 Å². The zero-order chi connectivity index (χ0) is 17.3. The second kappa shape index (κ2) is 6.79. The van der Waals surface area contributed by atoms with Crippen molar-refractivity contribution >= 4 is 23.5 Å². The van der Waals surface area contributed by atoms with Crippen LogP contribution in [0.25, 0.3) is 5.70 Å². The van der Waals surface area contributed by atoms with Gasteiger partial charge in [0.05, 0.1) is 18.3 Å². The van der Waals surface area contributed by atoms with Crippen molar-refractivity contribution in [2.75, 3.05) is 6.61 Å². The van der Waals surface area contributed by atoms with Crippen LogP contribution in [0.5, 0.6) is 0 Å². The lowest BCUT2D eigenvalue weighted by atomic mass is 10.0. The van der Waals surface area contributed by atoms with Crippen LogP contribution in [0.3, 0.4) is 0 Å². The van der Waals surface area contributed by atoms with E-state index < -0.39 is 0 Å². The summed E-state index contributed by atoms with van der Waals surface area (Å²) in [5.41, 5.74) is 4.02. The van der Waals surface area contributed by atoms with Crippen molar-refractivity contribution in [3.8, 4) is 0 Å². The summed E-state index contributed by atoms with van der Waals surface area (Å²) in [4.78, 5) is 6.78. The number of aliphatic hydroxyl groups excluding tert-OH is 1. The summed E-state index contributed by atoms with van der Waals surface area (Å²) in [7, 11) is 1.90. The molecular formula is C18H21ClN4O. The highest BCUT2D eigenvalue weighted by Crippen LogP contribution is 2.36. The lowest BCUT2D eigenvalue weighted by molar-refractivity contribution is 0.151. The molecule has 2 aromatic rings. The number of benzene rings is 1. The molecule has 1 aliphatic rings. The number of nitrogens with zero attached hydrogens (tertiary/aromatic N) is 4. The number of rotatable bonds is 4. The maximum Gasteiger partial charge on any atom is 0.150 e. The second-order valence-corrected chi connectivity index (χ2v) is 6.45. The molecule has 0 aliphatic carbocycles. The first-order chi connectivity index (χ1) is 11.5. The molecule has 1 aliphatic heterocycles. The van der Waals surface area contributed by atoms with Gasteiger partial charge in [-0.15, -0.1) is 0 Å². The summed E-state index contributed by atoms with van der Waals surface area (Å²) in [6, 6.07) is 7.62. The Morgan fingerprint density at radius 1 is 1.29 bits per heavy atom. The van der Waals surface area contributed by atoms with Gasteiger partial charge in [-0.05, 0) is 37.6 Å². The Morgan fingerprint density at radius 3 is 2.58 bits per heavy atom. The Bertz CT molecular complexity index is 779. The zero-order valence-electron chi connectivity index (χ0n) is 14.0. The molecule has 3 rings (SSSR count). The highest BCUT2D eigenvalue weighted by Gasteiger charge is 2.30. The molecule has 0 spiro atoms. The average Bonchev–Trinajstić information content (AvgIpc) is 2.92. The number of aliphatic imine (C=N–C) groups is 1. The fourth-order valence-corrected chi connectivity index (χ4v) is 3.14. The minimum Gasteiger partial charge on any atom is -0.394 e. The molecule has 0 radical (unpaired) electrons. The first-order valence-electron chi connectivity index (χ1n) is 7.90. The van der Waals surface area contributed by atoms with Crippen molar-refractivity contribution in [1.29, 1.82) is 0 Å². The standard InChI is InChI=1S/C18H21ClN4O/c1-12(11-24)23-17(14-4-6-15(19)7-5-14)8-9-20-18(23)16-10-22(3)21-13(16)2/h4-10,12,18,24H,11H2,1-3H3/t12-,18?/m0/s1. The van der Waals surface area contributed by atoms with E-state index in [2.05, 4.69) is 15.0 Å². The monoisotopic (exact) mass is 344 g/mol. The van der Waals surface area contributed by atoms with E-state index >= 15 is 0 Å². The SMILES string of the molecule is Cc1nn(C)cc1C1N=CC=C(c2ccc(Cl)cc2)N1[C@@H](C)CO. The summed E-state index contributed by atoms with van der Waals surface area (Å²) >= 11 is 6.01. The fraction of sp³-hybridized carbons (Fsp3) is 0.333. The first-order valence-corrected chi connectivity index (χ1v) is 8.27. The topological polar surface area (TPSA) is 53.7 Å². The van der Waals surface area contributed by atoms with Crippen LogP contribution < -0.4 is 0 Å². The lowest BCUT2D eigenvalue weighted by Crippen LogP contribution is -2.38. The molecule has 126 valence electrons. The van der Waals surface area contributed by atoms with Gasteiger partial charge in [0.1, 0.15) is 0 Å². The third-order valence-corrected chi connectivity index (χ3v) is 4.46. The Morgan fingerprint density at radius 2 is 2.00 bits per heavy atom. The predicted molar refractivity (Wildman–Crippen MR) is 97.0 cm³/mol. The van der Waals surface area contributed by atoms with E-state index in [1.807, 2.05) is 63.6 Å². The van der Waals surface area contributed by atoms with Gasteiger partial charge in [-0.3, -0.25) is 9.67 Å². The van der Waals surface area contributed by atoms with Crippen molar-refractivity contribution in [2.24, 2.45) is 12.0 Å². The average molecular weight is 345 g/mol. The number of aliphatic hydroxyl groups is 1. The second-order valence-electron chi connectivity index (χ2n) is 6.01. The van der Waals surface area contributed by atoms with Crippen LogP contribution in [0.4, 0.5) is 0 Å². The smallest absolute Gasteiger partial charge is 0.150 e. The van der Waals surface area contributed by atoms with E-state index in [4.69, 9.17) is 11.6 Å². The molecule has 1 aromatic carbocycles. The number of hydrogen-bond acceptors (Lipinski definition) is 4. The Labute approximate surface area is 146 Å². The molecule has 0 amide bonds. The van der Waals surface area contributed by atoms with E-state index in [1.165, 1.54) is 0 Å². The molecule has 2 heterocycles. The molecule has 0 saturated heterocycles. The summed E-state index contributed by atoms with van der Waals surface area (Å²) in [5, 5.41) is 14.9. The number of aryl methyl sites for hydroxylation is 2. The summed E-state index contributed by atoms with van der Waals surface area (Å²) in [6.07, 6.45) is 5.56. The van der Waals surface area contributed by atoms with Gasteiger partial charge in [0, 0.05) is 35.7 Å². The summed E-state index contributed by atoms with van der Waals surface area (Å²) in [6.45, 7) is 4.01. The lowest BCUT2D eigenvalue weighted by Gasteiger charge is -2.39. The highest BCUT2D eigenvalue weighted by molar-refractivity contribution is 6.30. The normalized spacial score (nSPS) is 18.6. The molecule has 24 heavy (non-hydrogen) atoms. The number of hydrogen-bond donors (Lipinski definition) is 1. The largest absolute Gasteiger partial charge is 0.394 e. The molecule has 6 heteroatoms. The molecule has 1 aromatic heterocycles. The molecule has 0 bridgehead atoms. The third-order valence-electron chi connectivity index (χ3n) is 4.21. The van der Waals surface area contributed by atoms with Gasteiger partial charge in [0.25, 0.3) is 0 Å². The van der Waals surface area contributed by atoms with Crippen molar-refractivity contribution in [3.63, 3.8) is 0 Å². The van der Waals surface area contributed by atoms with E-state index in [0.717, 1.165) is 22.5 Å². The summed E-state index contributed by atoms with van der Waals surface area (Å²) in [5.74, 6) is 0. The van der Waals surface area contributed by atoms with E-state index in [-0.39, 0.29) is 18.8 Å². The van der Waals surface area contributed by atoms with Crippen LogP contribution >= 0.6 is 11.6 Å². The maximum absolute atomic E-state index is 9.77. The molecular weight excluding hydrogens is 324 g/mol. The van der Waals surface area contributed by atoms with Gasteiger partial charge in [0.15, 0.2) is 6.17 Å². The fourth-order valence-electron chi connectivity index (χ4n) is 3.02. The van der Waals surface area contributed by atoms with Crippen molar-refractivity contribution in [3.05, 3.63) is 58.4 Å². The molecule has 5 nitrogen and oxygen atoms in total. The van der Waals surface area contributed by atoms with Crippen LogP contribution in [0.2, 0.25) is 5.02 Å². The van der Waals surface area contributed by atoms with Gasteiger partial charge < -0.3 is 10.0 Å². The predicted octanol–water partition coefficient (Wildman–Crippen LogP) is 3.19. The molecule has 0 fully saturated rings. The maximum atomic E-state index is 9.77. The minimum atomic E-state index is -0.212. The Balaban J connectivity index is 2.05. The highest BCUT2D eigenvalue weighted by atomic mass is 35.5. The Kier molecular flexibility index (Phi) is 4.73. The number of halogens is 1.